The van der Waals surface area contributed by atoms with Gasteiger partial charge in [0.05, 0.1) is 12.6 Å². The first-order valence-electron chi connectivity index (χ1n) is 8.67. The van der Waals surface area contributed by atoms with Crippen molar-refractivity contribution in [2.24, 2.45) is 0 Å². The van der Waals surface area contributed by atoms with E-state index in [4.69, 9.17) is 4.74 Å². The van der Waals surface area contributed by atoms with E-state index in [1.165, 1.54) is 0 Å². The molecule has 1 fully saturated rings. The van der Waals surface area contributed by atoms with Crippen LogP contribution in [0.15, 0.2) is 30.3 Å². The predicted molar refractivity (Wildman–Crippen MR) is 96.3 cm³/mol. The van der Waals surface area contributed by atoms with Gasteiger partial charge in [-0.25, -0.2) is 4.79 Å². The summed E-state index contributed by atoms with van der Waals surface area (Å²) in [6.07, 6.45) is 1.52. The van der Waals surface area contributed by atoms with Gasteiger partial charge < -0.3 is 20.7 Å². The molecule has 0 bridgehead atoms. The molecule has 0 aliphatic carbocycles. The fraction of sp³-hybridized carbons (Fsp3) is 0.556. The van der Waals surface area contributed by atoms with E-state index in [1.54, 1.807) is 14.2 Å². The molecule has 1 atom stereocenters. The van der Waals surface area contributed by atoms with E-state index in [-0.39, 0.29) is 24.1 Å². The van der Waals surface area contributed by atoms with Crippen molar-refractivity contribution in [3.63, 3.8) is 0 Å². The number of nitrogens with one attached hydrogen (secondary N) is 3. The van der Waals surface area contributed by atoms with Crippen LogP contribution in [-0.2, 0) is 9.53 Å². The van der Waals surface area contributed by atoms with E-state index in [1.807, 2.05) is 30.3 Å². The Bertz CT molecular complexity index is 545. The van der Waals surface area contributed by atoms with E-state index in [0.29, 0.717) is 13.1 Å². The molecule has 0 radical (unpaired) electrons. The molecule has 1 saturated heterocycles. The van der Waals surface area contributed by atoms with Gasteiger partial charge in [0, 0.05) is 39.8 Å². The van der Waals surface area contributed by atoms with Gasteiger partial charge in [-0.1, -0.05) is 30.3 Å². The second kappa shape index (κ2) is 10.0. The van der Waals surface area contributed by atoms with Crippen LogP contribution in [0.4, 0.5) is 4.79 Å². The number of hydrogen-bond acceptors (Lipinski definition) is 4. The van der Waals surface area contributed by atoms with Crippen molar-refractivity contribution < 1.29 is 14.3 Å². The molecule has 3 amide bonds. The maximum absolute atomic E-state index is 12.1. The number of rotatable bonds is 7. The normalized spacial score (nSPS) is 16.9. The highest BCUT2D eigenvalue weighted by molar-refractivity contribution is 5.77. The Morgan fingerprint density at radius 1 is 1.24 bits per heavy atom. The lowest BCUT2D eigenvalue weighted by Gasteiger charge is -2.31. The van der Waals surface area contributed by atoms with Gasteiger partial charge in [0.25, 0.3) is 0 Å². The van der Waals surface area contributed by atoms with Crippen LogP contribution >= 0.6 is 0 Å². The Kier molecular flexibility index (Phi) is 7.69. The highest BCUT2D eigenvalue weighted by Crippen LogP contribution is 2.15. The summed E-state index contributed by atoms with van der Waals surface area (Å²) < 4.78 is 5.45. The molecule has 1 aromatic carbocycles. The van der Waals surface area contributed by atoms with Crippen LogP contribution in [0.2, 0.25) is 0 Å². The first-order valence-corrected chi connectivity index (χ1v) is 8.67. The zero-order chi connectivity index (χ0) is 18.1. The molecule has 1 aliphatic rings. The monoisotopic (exact) mass is 348 g/mol. The quantitative estimate of drug-likeness (QED) is 0.683. The molecule has 0 spiro atoms. The van der Waals surface area contributed by atoms with Gasteiger partial charge in [-0.05, 0) is 18.4 Å². The number of carbonyl (C=O) groups is 2. The van der Waals surface area contributed by atoms with Crippen molar-refractivity contribution in [2.45, 2.75) is 25.0 Å². The van der Waals surface area contributed by atoms with Crippen molar-refractivity contribution >= 4 is 11.9 Å². The van der Waals surface area contributed by atoms with Gasteiger partial charge in [-0.3, -0.25) is 9.69 Å². The Morgan fingerprint density at radius 2 is 1.92 bits per heavy atom. The number of likely N-dealkylation sites (N-methyl/N-ethyl adjacent to an activating group) is 1. The average molecular weight is 348 g/mol. The van der Waals surface area contributed by atoms with Crippen molar-refractivity contribution in [1.82, 2.24) is 20.9 Å². The van der Waals surface area contributed by atoms with Crippen LogP contribution in [0.5, 0.6) is 0 Å². The summed E-state index contributed by atoms with van der Waals surface area (Å²) >= 11 is 0. The lowest BCUT2D eigenvalue weighted by Crippen LogP contribution is -2.49. The van der Waals surface area contributed by atoms with Crippen molar-refractivity contribution in [1.29, 1.82) is 0 Å². The zero-order valence-corrected chi connectivity index (χ0v) is 15.0. The smallest absolute Gasteiger partial charge is 0.315 e. The van der Waals surface area contributed by atoms with Crippen LogP contribution in [0.3, 0.4) is 0 Å². The van der Waals surface area contributed by atoms with Crippen LogP contribution < -0.4 is 16.0 Å². The number of piperidine rings is 1. The second-order valence-electron chi connectivity index (χ2n) is 6.21. The molecule has 7 nitrogen and oxygen atoms in total. The Morgan fingerprint density at radius 3 is 2.52 bits per heavy atom. The Balaban J connectivity index is 1.69. The molecule has 0 saturated carbocycles. The number of likely N-dealkylation sites (tertiary alicyclic amines) is 1. The minimum atomic E-state index is -0.178. The van der Waals surface area contributed by atoms with E-state index in [0.717, 1.165) is 31.5 Å². The van der Waals surface area contributed by atoms with Crippen molar-refractivity contribution in [3.8, 4) is 0 Å². The molecule has 25 heavy (non-hydrogen) atoms. The molecule has 7 heteroatoms. The third-order valence-electron chi connectivity index (χ3n) is 4.47. The van der Waals surface area contributed by atoms with E-state index in [2.05, 4.69) is 20.9 Å². The largest absolute Gasteiger partial charge is 0.375 e. The van der Waals surface area contributed by atoms with Gasteiger partial charge in [-0.2, -0.15) is 0 Å². The zero-order valence-electron chi connectivity index (χ0n) is 15.0. The van der Waals surface area contributed by atoms with Crippen LogP contribution in [-0.4, -0.2) is 63.2 Å². The van der Waals surface area contributed by atoms with E-state index in [9.17, 15) is 9.59 Å². The van der Waals surface area contributed by atoms with Gasteiger partial charge in [0.1, 0.15) is 0 Å². The van der Waals surface area contributed by atoms with Crippen LogP contribution in [0, 0.1) is 0 Å². The number of carbonyl (C=O) groups excluding carboxylic acids is 2. The number of ether oxygens (including phenoxy) is 1. The van der Waals surface area contributed by atoms with Crippen molar-refractivity contribution in [3.05, 3.63) is 35.9 Å². The topological polar surface area (TPSA) is 82.7 Å². The Labute approximate surface area is 149 Å². The lowest BCUT2D eigenvalue weighted by atomic mass is 10.1. The summed E-state index contributed by atoms with van der Waals surface area (Å²) in [5.41, 5.74) is 1.04. The van der Waals surface area contributed by atoms with Gasteiger partial charge in [-0.15, -0.1) is 0 Å². The van der Waals surface area contributed by atoms with Crippen LogP contribution in [0.1, 0.15) is 24.5 Å². The number of methoxy groups -OCH3 is 1. The third kappa shape index (κ3) is 6.36. The molecular weight excluding hydrogens is 320 g/mol. The van der Waals surface area contributed by atoms with Gasteiger partial charge in [0.15, 0.2) is 0 Å². The highest BCUT2D eigenvalue weighted by atomic mass is 16.5. The molecule has 3 N–H and O–H groups in total. The average Bonchev–Trinajstić information content (AvgIpc) is 2.64. The molecule has 1 heterocycles. The standard InChI is InChI=1S/C18H28N4O3/c1-19-17(23)13-22-10-8-15(9-11-22)21-18(24)20-12-16(25-2)14-6-4-3-5-7-14/h3-7,15-16H,8-13H2,1-2H3,(H,19,23)(H2,20,21,24). The summed E-state index contributed by atoms with van der Waals surface area (Å²) in [5, 5.41) is 8.51. The summed E-state index contributed by atoms with van der Waals surface area (Å²) in [6, 6.07) is 9.78. The minimum Gasteiger partial charge on any atom is -0.375 e. The van der Waals surface area contributed by atoms with Gasteiger partial charge >= 0.3 is 6.03 Å². The summed E-state index contributed by atoms with van der Waals surface area (Å²) in [7, 11) is 3.28. The van der Waals surface area contributed by atoms with Crippen molar-refractivity contribution in [2.75, 3.05) is 40.3 Å². The summed E-state index contributed by atoms with van der Waals surface area (Å²) in [6.45, 7) is 2.45. The number of benzene rings is 1. The number of nitrogens with zero attached hydrogens (tertiary/aromatic N) is 1. The molecule has 2 rings (SSSR count). The first kappa shape index (κ1) is 19.2. The summed E-state index contributed by atoms with van der Waals surface area (Å²) in [4.78, 5) is 25.6. The molecule has 138 valence electrons. The predicted octanol–water partition coefficient (Wildman–Crippen LogP) is 0.884. The fourth-order valence-electron chi connectivity index (χ4n) is 2.94. The van der Waals surface area contributed by atoms with Crippen LogP contribution in [0.25, 0.3) is 0 Å². The van der Waals surface area contributed by atoms with E-state index < -0.39 is 0 Å². The minimum absolute atomic E-state index is 0.0238. The molecule has 1 unspecified atom stereocenters. The lowest BCUT2D eigenvalue weighted by molar-refractivity contribution is -0.122. The molecule has 1 aromatic rings. The fourth-order valence-corrected chi connectivity index (χ4v) is 2.94. The van der Waals surface area contributed by atoms with E-state index >= 15 is 0 Å². The Hall–Kier alpha value is -2.12. The maximum atomic E-state index is 12.1. The molecule has 1 aliphatic heterocycles. The van der Waals surface area contributed by atoms with Gasteiger partial charge in [0.2, 0.25) is 5.91 Å². The number of urea groups is 1. The SMILES string of the molecule is CNC(=O)CN1CCC(NC(=O)NCC(OC)c2ccccc2)CC1. The first-order chi connectivity index (χ1) is 12.1. The third-order valence-corrected chi connectivity index (χ3v) is 4.47. The second-order valence-corrected chi connectivity index (χ2v) is 6.21. The molecular formula is C18H28N4O3. The summed E-state index contributed by atoms with van der Waals surface area (Å²) in [5.74, 6) is 0.0238. The maximum Gasteiger partial charge on any atom is 0.315 e. The number of amides is 3. The molecule has 0 aromatic heterocycles. The number of hydrogen-bond donors (Lipinski definition) is 3. The highest BCUT2D eigenvalue weighted by Gasteiger charge is 2.22.